The zero-order valence-corrected chi connectivity index (χ0v) is 13.4. The van der Waals surface area contributed by atoms with Gasteiger partial charge in [-0.2, -0.15) is 4.98 Å². The van der Waals surface area contributed by atoms with Crippen LogP contribution in [0.4, 0.5) is 5.95 Å². The molecule has 1 aromatic heterocycles. The van der Waals surface area contributed by atoms with E-state index in [-0.39, 0.29) is 0 Å². The molecule has 0 radical (unpaired) electrons. The van der Waals surface area contributed by atoms with Gasteiger partial charge in [0.1, 0.15) is 0 Å². The van der Waals surface area contributed by atoms with E-state index >= 15 is 0 Å². The summed E-state index contributed by atoms with van der Waals surface area (Å²) in [6, 6.07) is 0. The number of nitrogens with zero attached hydrogens (tertiary/aromatic N) is 3. The lowest BCUT2D eigenvalue weighted by Gasteiger charge is -2.34. The molecule has 1 aliphatic rings. The van der Waals surface area contributed by atoms with E-state index in [0.717, 1.165) is 42.3 Å². The van der Waals surface area contributed by atoms with E-state index < -0.39 is 0 Å². The quantitative estimate of drug-likeness (QED) is 0.844. The van der Waals surface area contributed by atoms with Gasteiger partial charge >= 0.3 is 0 Å². The van der Waals surface area contributed by atoms with Crippen molar-refractivity contribution in [1.29, 1.82) is 0 Å². The molecule has 0 aromatic carbocycles. The third kappa shape index (κ3) is 3.22. The summed E-state index contributed by atoms with van der Waals surface area (Å²) in [7, 11) is 1.68. The Morgan fingerprint density at radius 2 is 1.85 bits per heavy atom. The molecule has 112 valence electrons. The van der Waals surface area contributed by atoms with E-state index in [1.54, 1.807) is 7.11 Å². The van der Waals surface area contributed by atoms with Crippen LogP contribution in [0.25, 0.3) is 0 Å². The van der Waals surface area contributed by atoms with Crippen LogP contribution in [0, 0.1) is 11.8 Å². The average molecular weight is 277 g/mol. The van der Waals surface area contributed by atoms with Crippen LogP contribution in [0.1, 0.15) is 52.0 Å². The lowest BCUT2D eigenvalue weighted by Crippen LogP contribution is -2.36. The summed E-state index contributed by atoms with van der Waals surface area (Å²) in [4.78, 5) is 11.4. The Balaban J connectivity index is 2.10. The predicted octanol–water partition coefficient (Wildman–Crippen LogP) is 3.48. The summed E-state index contributed by atoms with van der Waals surface area (Å²) in [6.07, 6.45) is 4.38. The van der Waals surface area contributed by atoms with E-state index in [9.17, 15) is 0 Å². The molecule has 0 amide bonds. The Hall–Kier alpha value is -1.32. The van der Waals surface area contributed by atoms with Crippen molar-refractivity contribution in [3.8, 4) is 5.88 Å². The summed E-state index contributed by atoms with van der Waals surface area (Å²) >= 11 is 0. The maximum Gasteiger partial charge on any atom is 0.228 e. The van der Waals surface area contributed by atoms with Gasteiger partial charge in [-0.15, -0.1) is 0 Å². The minimum atomic E-state index is 0.380. The van der Waals surface area contributed by atoms with Gasteiger partial charge in [0.05, 0.1) is 7.11 Å². The molecule has 0 aliphatic carbocycles. The van der Waals surface area contributed by atoms with Crippen molar-refractivity contribution in [2.75, 3.05) is 25.1 Å². The highest BCUT2D eigenvalue weighted by Gasteiger charge is 2.23. The number of piperidine rings is 1. The van der Waals surface area contributed by atoms with Crippen LogP contribution in [0.5, 0.6) is 5.88 Å². The van der Waals surface area contributed by atoms with Crippen LogP contribution in [-0.4, -0.2) is 30.2 Å². The number of aromatic nitrogens is 2. The fraction of sp³-hybridized carbons (Fsp3) is 0.750. The standard InChI is InChI=1S/C16H27N3O/c1-11(2)13-6-8-19(9-7-13)16-17-10-14(12(3)4)15(18-16)20-5/h10-13H,6-9H2,1-5H3. The van der Waals surface area contributed by atoms with Crippen molar-refractivity contribution in [3.05, 3.63) is 11.8 Å². The lowest BCUT2D eigenvalue weighted by molar-refractivity contribution is 0.309. The zero-order chi connectivity index (χ0) is 14.7. The van der Waals surface area contributed by atoms with Crippen LogP contribution in [0.3, 0.4) is 0 Å². The van der Waals surface area contributed by atoms with Gasteiger partial charge in [-0.05, 0) is 30.6 Å². The molecule has 2 heterocycles. The maximum atomic E-state index is 5.42. The molecule has 1 fully saturated rings. The highest BCUT2D eigenvalue weighted by atomic mass is 16.5. The second-order valence-electron chi connectivity index (χ2n) is 6.36. The van der Waals surface area contributed by atoms with Crippen molar-refractivity contribution in [2.45, 2.75) is 46.5 Å². The summed E-state index contributed by atoms with van der Waals surface area (Å²) in [5, 5.41) is 0. The van der Waals surface area contributed by atoms with E-state index in [4.69, 9.17) is 4.74 Å². The first-order chi connectivity index (χ1) is 9.52. The molecule has 0 atom stereocenters. The lowest BCUT2D eigenvalue weighted by atomic mass is 9.87. The van der Waals surface area contributed by atoms with Gasteiger partial charge in [-0.25, -0.2) is 4.98 Å². The van der Waals surface area contributed by atoms with Crippen molar-refractivity contribution in [2.24, 2.45) is 11.8 Å². The van der Waals surface area contributed by atoms with Gasteiger partial charge in [0.2, 0.25) is 11.8 Å². The van der Waals surface area contributed by atoms with Crippen LogP contribution >= 0.6 is 0 Å². The van der Waals surface area contributed by atoms with E-state index in [1.165, 1.54) is 12.8 Å². The third-order valence-corrected chi connectivity index (χ3v) is 4.35. The summed E-state index contributed by atoms with van der Waals surface area (Å²) in [6.45, 7) is 11.0. The van der Waals surface area contributed by atoms with Gasteiger partial charge in [0.25, 0.3) is 0 Å². The molecule has 0 unspecified atom stereocenters. The molecule has 0 bridgehead atoms. The van der Waals surface area contributed by atoms with Gasteiger partial charge in [0, 0.05) is 24.8 Å². The monoisotopic (exact) mass is 277 g/mol. The molecular weight excluding hydrogens is 250 g/mol. The van der Waals surface area contributed by atoms with Crippen molar-refractivity contribution < 1.29 is 4.74 Å². The summed E-state index contributed by atoms with van der Waals surface area (Å²) in [5.74, 6) is 3.52. The molecule has 1 aromatic rings. The first kappa shape index (κ1) is 15.1. The van der Waals surface area contributed by atoms with Crippen LogP contribution in [0.2, 0.25) is 0 Å². The average Bonchev–Trinajstić information content (AvgIpc) is 2.46. The normalized spacial score (nSPS) is 17.1. The molecule has 0 saturated carbocycles. The zero-order valence-electron chi connectivity index (χ0n) is 13.4. The summed E-state index contributed by atoms with van der Waals surface area (Å²) in [5.41, 5.74) is 1.08. The topological polar surface area (TPSA) is 38.2 Å². The first-order valence-electron chi connectivity index (χ1n) is 7.68. The number of methoxy groups -OCH3 is 1. The van der Waals surface area contributed by atoms with E-state index in [0.29, 0.717) is 5.92 Å². The van der Waals surface area contributed by atoms with Crippen LogP contribution < -0.4 is 9.64 Å². The number of hydrogen-bond donors (Lipinski definition) is 0. The Morgan fingerprint density at radius 1 is 1.20 bits per heavy atom. The van der Waals surface area contributed by atoms with Gasteiger partial charge in [0.15, 0.2) is 0 Å². The minimum Gasteiger partial charge on any atom is -0.481 e. The molecule has 1 saturated heterocycles. The van der Waals surface area contributed by atoms with E-state index in [1.807, 2.05) is 6.20 Å². The highest BCUT2D eigenvalue weighted by molar-refractivity contribution is 5.37. The Labute approximate surface area is 122 Å². The minimum absolute atomic E-state index is 0.380. The highest BCUT2D eigenvalue weighted by Crippen LogP contribution is 2.29. The number of rotatable bonds is 4. The molecule has 4 heteroatoms. The molecule has 1 aliphatic heterocycles. The van der Waals surface area contributed by atoms with Gasteiger partial charge < -0.3 is 9.64 Å². The smallest absolute Gasteiger partial charge is 0.228 e. The second kappa shape index (κ2) is 6.42. The van der Waals surface area contributed by atoms with Crippen molar-refractivity contribution in [1.82, 2.24) is 9.97 Å². The van der Waals surface area contributed by atoms with Crippen molar-refractivity contribution >= 4 is 5.95 Å². The Kier molecular flexibility index (Phi) is 4.84. The largest absolute Gasteiger partial charge is 0.481 e. The summed E-state index contributed by atoms with van der Waals surface area (Å²) < 4.78 is 5.42. The molecule has 2 rings (SSSR count). The molecular formula is C16H27N3O. The predicted molar refractivity (Wildman–Crippen MR) is 82.4 cm³/mol. The van der Waals surface area contributed by atoms with Crippen LogP contribution in [0.15, 0.2) is 6.20 Å². The molecule has 4 nitrogen and oxygen atoms in total. The van der Waals surface area contributed by atoms with Crippen molar-refractivity contribution in [3.63, 3.8) is 0 Å². The fourth-order valence-electron chi connectivity index (χ4n) is 2.84. The molecule has 0 N–H and O–H groups in total. The SMILES string of the molecule is COc1nc(N2CCC(C(C)C)CC2)ncc1C(C)C. The number of ether oxygens (including phenoxy) is 1. The first-order valence-corrected chi connectivity index (χ1v) is 7.68. The molecule has 0 spiro atoms. The maximum absolute atomic E-state index is 5.42. The third-order valence-electron chi connectivity index (χ3n) is 4.35. The Bertz CT molecular complexity index is 437. The van der Waals surface area contributed by atoms with Gasteiger partial charge in [-0.1, -0.05) is 27.7 Å². The van der Waals surface area contributed by atoms with E-state index in [2.05, 4.69) is 42.6 Å². The number of hydrogen-bond acceptors (Lipinski definition) is 4. The van der Waals surface area contributed by atoms with Gasteiger partial charge in [-0.3, -0.25) is 0 Å². The molecule has 20 heavy (non-hydrogen) atoms. The van der Waals surface area contributed by atoms with Crippen LogP contribution in [-0.2, 0) is 0 Å². The number of anilines is 1. The Morgan fingerprint density at radius 3 is 2.35 bits per heavy atom. The fourth-order valence-corrected chi connectivity index (χ4v) is 2.84. The second-order valence-corrected chi connectivity index (χ2v) is 6.36.